The molecule has 0 aliphatic carbocycles. The van der Waals surface area contributed by atoms with Gasteiger partial charge in [-0.25, -0.2) is 0 Å². The molecule has 7 heteroatoms. The second-order valence-electron chi connectivity index (χ2n) is 12.2. The maximum Gasteiger partial charge on any atom is 0.120 e. The fourth-order valence-electron chi connectivity index (χ4n) is 4.61. The van der Waals surface area contributed by atoms with Crippen LogP contribution < -0.4 is 36.6 Å². The minimum atomic E-state index is 0.585. The van der Waals surface area contributed by atoms with Gasteiger partial charge in [0.15, 0.2) is 0 Å². The van der Waals surface area contributed by atoms with Crippen molar-refractivity contribution in [1.82, 2.24) is 31.9 Å². The van der Waals surface area contributed by atoms with Crippen LogP contribution >= 0.6 is 0 Å². The van der Waals surface area contributed by atoms with Crippen LogP contribution in [0.4, 0.5) is 0 Å². The Bertz CT molecular complexity index is 844. The summed E-state index contributed by atoms with van der Waals surface area (Å²) in [4.78, 5) is 0. The first-order chi connectivity index (χ1) is 20.5. The van der Waals surface area contributed by atoms with E-state index in [4.69, 9.17) is 4.74 Å². The SMILES string of the molecule is CC(C)CNCCCNCCCNCc1cc(CNCCCNCCCNCC(C)C)cc(OCc2ccccc2)c1. The van der Waals surface area contributed by atoms with E-state index in [9.17, 15) is 0 Å². The summed E-state index contributed by atoms with van der Waals surface area (Å²) in [6.07, 6.45) is 4.61. The fourth-order valence-corrected chi connectivity index (χ4v) is 4.61. The zero-order valence-corrected chi connectivity index (χ0v) is 27.2. The van der Waals surface area contributed by atoms with E-state index in [2.05, 4.69) is 102 Å². The van der Waals surface area contributed by atoms with Crippen molar-refractivity contribution in [2.75, 3.05) is 65.4 Å². The van der Waals surface area contributed by atoms with Gasteiger partial charge in [-0.1, -0.05) is 64.1 Å². The molecular weight excluding hydrogens is 520 g/mol. The van der Waals surface area contributed by atoms with E-state index in [-0.39, 0.29) is 0 Å². The highest BCUT2D eigenvalue weighted by Crippen LogP contribution is 2.19. The summed E-state index contributed by atoms with van der Waals surface area (Å²) in [6, 6.07) is 17.1. The number of hydrogen-bond acceptors (Lipinski definition) is 7. The first-order valence-electron chi connectivity index (χ1n) is 16.6. The third kappa shape index (κ3) is 20.0. The summed E-state index contributed by atoms with van der Waals surface area (Å²) in [7, 11) is 0. The Hall–Kier alpha value is -2.00. The molecule has 238 valence electrons. The van der Waals surface area contributed by atoms with Crippen molar-refractivity contribution in [3.63, 3.8) is 0 Å². The maximum atomic E-state index is 6.21. The lowest BCUT2D eigenvalue weighted by molar-refractivity contribution is 0.305. The number of benzene rings is 2. The molecule has 0 fully saturated rings. The zero-order chi connectivity index (χ0) is 30.1. The second-order valence-corrected chi connectivity index (χ2v) is 12.2. The molecule has 0 amide bonds. The quantitative estimate of drug-likeness (QED) is 0.0855. The van der Waals surface area contributed by atoms with Crippen LogP contribution in [0.25, 0.3) is 0 Å². The van der Waals surface area contributed by atoms with Crippen molar-refractivity contribution in [1.29, 1.82) is 0 Å². The summed E-state index contributed by atoms with van der Waals surface area (Å²) in [5.41, 5.74) is 3.73. The van der Waals surface area contributed by atoms with Crippen LogP contribution in [0.3, 0.4) is 0 Å². The van der Waals surface area contributed by atoms with Crippen molar-refractivity contribution in [2.24, 2.45) is 11.8 Å². The Morgan fingerprint density at radius 3 is 1.38 bits per heavy atom. The number of ether oxygens (including phenoxy) is 1. The topological polar surface area (TPSA) is 81.4 Å². The predicted molar refractivity (Wildman–Crippen MR) is 180 cm³/mol. The van der Waals surface area contributed by atoms with Gasteiger partial charge in [0, 0.05) is 13.1 Å². The average Bonchev–Trinajstić information content (AvgIpc) is 2.98. The highest BCUT2D eigenvalue weighted by Gasteiger charge is 2.04. The van der Waals surface area contributed by atoms with Gasteiger partial charge < -0.3 is 36.6 Å². The predicted octanol–water partition coefficient (Wildman–Crippen LogP) is 4.68. The van der Waals surface area contributed by atoms with Gasteiger partial charge >= 0.3 is 0 Å². The molecule has 7 nitrogen and oxygen atoms in total. The van der Waals surface area contributed by atoms with Gasteiger partial charge in [0.25, 0.3) is 0 Å². The minimum Gasteiger partial charge on any atom is -0.489 e. The molecule has 0 atom stereocenters. The highest BCUT2D eigenvalue weighted by molar-refractivity contribution is 5.35. The third-order valence-corrected chi connectivity index (χ3v) is 6.87. The van der Waals surface area contributed by atoms with E-state index < -0.39 is 0 Å². The third-order valence-electron chi connectivity index (χ3n) is 6.87. The van der Waals surface area contributed by atoms with Crippen LogP contribution in [0.15, 0.2) is 48.5 Å². The zero-order valence-electron chi connectivity index (χ0n) is 27.2. The molecule has 0 aliphatic heterocycles. The number of rotatable bonds is 27. The lowest BCUT2D eigenvalue weighted by Crippen LogP contribution is -2.26. The molecule has 2 aromatic carbocycles. The fraction of sp³-hybridized carbons (Fsp3) is 0.657. The Balaban J connectivity index is 1.67. The molecule has 2 aromatic rings. The molecule has 0 saturated heterocycles. The van der Waals surface area contributed by atoms with Crippen molar-refractivity contribution in [3.8, 4) is 5.75 Å². The molecule has 0 aromatic heterocycles. The van der Waals surface area contributed by atoms with E-state index in [1.807, 2.05) is 6.07 Å². The van der Waals surface area contributed by atoms with Crippen molar-refractivity contribution >= 4 is 0 Å². The van der Waals surface area contributed by atoms with Crippen LogP contribution in [0.2, 0.25) is 0 Å². The van der Waals surface area contributed by atoms with Gasteiger partial charge in [-0.05, 0) is 132 Å². The Labute approximate surface area is 257 Å². The highest BCUT2D eigenvalue weighted by atomic mass is 16.5. The van der Waals surface area contributed by atoms with Gasteiger partial charge in [0.2, 0.25) is 0 Å². The molecule has 2 rings (SSSR count). The number of nitrogens with one attached hydrogen (secondary N) is 6. The molecule has 0 saturated carbocycles. The van der Waals surface area contributed by atoms with Crippen molar-refractivity contribution < 1.29 is 4.74 Å². The first kappa shape index (κ1) is 36.2. The lowest BCUT2D eigenvalue weighted by atomic mass is 10.1. The minimum absolute atomic E-state index is 0.585. The molecule has 42 heavy (non-hydrogen) atoms. The average molecular weight is 583 g/mol. The molecular formula is C35H62N6O. The monoisotopic (exact) mass is 582 g/mol. The van der Waals surface area contributed by atoms with E-state index in [0.717, 1.165) is 109 Å². The maximum absolute atomic E-state index is 6.21. The summed E-state index contributed by atoms with van der Waals surface area (Å²) < 4.78 is 6.21. The largest absolute Gasteiger partial charge is 0.489 e. The summed E-state index contributed by atoms with van der Waals surface area (Å²) >= 11 is 0. The molecule has 6 N–H and O–H groups in total. The first-order valence-corrected chi connectivity index (χ1v) is 16.6. The van der Waals surface area contributed by atoms with Crippen molar-refractivity contribution in [2.45, 2.75) is 73.1 Å². The van der Waals surface area contributed by atoms with Crippen LogP contribution in [-0.4, -0.2) is 65.4 Å². The van der Waals surface area contributed by atoms with Crippen LogP contribution in [0.5, 0.6) is 5.75 Å². The van der Waals surface area contributed by atoms with Gasteiger partial charge in [-0.15, -0.1) is 0 Å². The van der Waals surface area contributed by atoms with E-state index >= 15 is 0 Å². The van der Waals surface area contributed by atoms with E-state index in [1.165, 1.54) is 29.5 Å². The van der Waals surface area contributed by atoms with Crippen LogP contribution in [-0.2, 0) is 19.7 Å². The molecule has 0 heterocycles. The Kier molecular flexibility index (Phi) is 21.1. The van der Waals surface area contributed by atoms with Gasteiger partial charge in [-0.2, -0.15) is 0 Å². The lowest BCUT2D eigenvalue weighted by Gasteiger charge is -2.13. The van der Waals surface area contributed by atoms with Crippen LogP contribution in [0, 0.1) is 11.8 Å². The summed E-state index contributed by atoms with van der Waals surface area (Å²) in [5, 5.41) is 21.4. The Morgan fingerprint density at radius 2 is 0.929 bits per heavy atom. The molecule has 0 aliphatic rings. The second kappa shape index (κ2) is 24.4. The standard InChI is InChI=1S/C35H62N6O/c1-30(2)25-38-18-8-14-36-16-10-20-40-27-33-22-34(24-35(23-33)42-29-32-12-6-5-7-13-32)28-41-21-11-17-37-15-9-19-39-26-31(3)4/h5-7,12-13,22-24,30-31,36-41H,8-11,14-21,25-29H2,1-4H3. The molecule has 0 bridgehead atoms. The summed E-state index contributed by atoms with van der Waals surface area (Å²) in [5.74, 6) is 2.38. The molecule has 0 spiro atoms. The van der Waals surface area contributed by atoms with Crippen LogP contribution in [0.1, 0.15) is 70.1 Å². The molecule has 0 radical (unpaired) electrons. The van der Waals surface area contributed by atoms with Crippen molar-refractivity contribution in [3.05, 3.63) is 65.2 Å². The van der Waals surface area contributed by atoms with E-state index in [1.54, 1.807) is 0 Å². The van der Waals surface area contributed by atoms with Gasteiger partial charge in [0.1, 0.15) is 12.4 Å². The van der Waals surface area contributed by atoms with E-state index in [0.29, 0.717) is 6.61 Å². The van der Waals surface area contributed by atoms with Gasteiger partial charge in [0.05, 0.1) is 0 Å². The summed E-state index contributed by atoms with van der Waals surface area (Å²) in [6.45, 7) is 22.0. The number of hydrogen-bond donors (Lipinski definition) is 6. The molecule has 0 unspecified atom stereocenters. The normalized spacial score (nSPS) is 11.6. The van der Waals surface area contributed by atoms with Gasteiger partial charge in [-0.3, -0.25) is 0 Å². The smallest absolute Gasteiger partial charge is 0.120 e. The Morgan fingerprint density at radius 1 is 0.500 bits per heavy atom.